The van der Waals surface area contributed by atoms with Gasteiger partial charge >= 0.3 is 11.9 Å². The first-order valence-electron chi connectivity index (χ1n) is 27.5. The molecule has 386 valence electrons. The minimum Gasteiger partial charge on any atom is -0.544 e. The molecule has 0 saturated carbocycles. The first-order valence-corrected chi connectivity index (χ1v) is 27.5. The van der Waals surface area contributed by atoms with E-state index in [1.54, 1.807) is 21.1 Å². The number of carbonyl (C=O) groups is 3. The third-order valence-corrected chi connectivity index (χ3v) is 12.1. The van der Waals surface area contributed by atoms with E-state index in [0.717, 1.165) is 70.6 Å². The number of likely N-dealkylation sites (N-methyl/N-ethyl adjacent to an activating group) is 1. The number of esters is 2. The van der Waals surface area contributed by atoms with Crippen LogP contribution in [0.2, 0.25) is 0 Å². The van der Waals surface area contributed by atoms with Crippen molar-refractivity contribution in [3.63, 3.8) is 0 Å². The summed E-state index contributed by atoms with van der Waals surface area (Å²) in [5.74, 6) is -1.78. The second-order valence-electron chi connectivity index (χ2n) is 19.4. The SMILES string of the molecule is CC/C=C/C/C=C/C/C=C/C/C=C/C/C=C/C/C=C/CCCCC(=O)OCC(COCCC(C(=O)[O-])[N+](C)(C)C)OC(=O)CCCCCCCCCCCCCCCCCCCCCCCC. The molecule has 0 aliphatic carbocycles. The van der Waals surface area contributed by atoms with E-state index in [0.29, 0.717) is 19.3 Å². The van der Waals surface area contributed by atoms with Crippen molar-refractivity contribution in [2.75, 3.05) is 41.0 Å². The van der Waals surface area contributed by atoms with Crippen molar-refractivity contribution < 1.29 is 38.2 Å². The highest BCUT2D eigenvalue weighted by atomic mass is 16.6. The smallest absolute Gasteiger partial charge is 0.306 e. The molecule has 8 heteroatoms. The predicted octanol–water partition coefficient (Wildman–Crippen LogP) is 14.9. The summed E-state index contributed by atoms with van der Waals surface area (Å²) in [4.78, 5) is 37.1. The van der Waals surface area contributed by atoms with Gasteiger partial charge in [-0.25, -0.2) is 0 Å². The normalized spacial score (nSPS) is 13.4. The Hall–Kier alpha value is -3.23. The Morgan fingerprint density at radius 2 is 0.836 bits per heavy atom. The Morgan fingerprint density at radius 3 is 1.24 bits per heavy atom. The lowest BCUT2D eigenvalue weighted by molar-refractivity contribution is -0.889. The van der Waals surface area contributed by atoms with Crippen LogP contribution in [0.3, 0.4) is 0 Å². The molecule has 0 aliphatic heterocycles. The van der Waals surface area contributed by atoms with E-state index in [4.69, 9.17) is 14.2 Å². The first-order chi connectivity index (χ1) is 32.6. The molecule has 0 bridgehead atoms. The van der Waals surface area contributed by atoms with Gasteiger partial charge in [-0.2, -0.15) is 0 Å². The van der Waals surface area contributed by atoms with Crippen LogP contribution in [0.5, 0.6) is 0 Å². The van der Waals surface area contributed by atoms with Crippen LogP contribution in [0.1, 0.15) is 232 Å². The molecule has 0 radical (unpaired) electrons. The first kappa shape index (κ1) is 63.8. The maximum absolute atomic E-state index is 12.8. The number of hydrogen-bond donors (Lipinski definition) is 0. The van der Waals surface area contributed by atoms with Crippen molar-refractivity contribution in [1.29, 1.82) is 0 Å². The summed E-state index contributed by atoms with van der Waals surface area (Å²) >= 11 is 0. The van der Waals surface area contributed by atoms with Crippen molar-refractivity contribution in [3.8, 4) is 0 Å². The van der Waals surface area contributed by atoms with E-state index in [1.807, 2.05) is 0 Å². The zero-order valence-electron chi connectivity index (χ0n) is 44.1. The largest absolute Gasteiger partial charge is 0.544 e. The zero-order valence-corrected chi connectivity index (χ0v) is 44.1. The maximum atomic E-state index is 12.8. The van der Waals surface area contributed by atoms with Crippen molar-refractivity contribution in [2.45, 2.75) is 244 Å². The summed E-state index contributed by atoms with van der Waals surface area (Å²) in [7, 11) is 5.41. The van der Waals surface area contributed by atoms with Crippen molar-refractivity contribution in [1.82, 2.24) is 0 Å². The van der Waals surface area contributed by atoms with Crippen LogP contribution in [-0.4, -0.2) is 75.5 Å². The van der Waals surface area contributed by atoms with E-state index in [1.165, 1.54) is 122 Å². The lowest BCUT2D eigenvalue weighted by atomic mass is 10.0. The number of hydrogen-bond acceptors (Lipinski definition) is 7. The predicted molar refractivity (Wildman–Crippen MR) is 282 cm³/mol. The Bertz CT molecular complexity index is 1320. The highest BCUT2D eigenvalue weighted by molar-refractivity contribution is 5.70. The summed E-state index contributed by atoms with van der Waals surface area (Å²) in [6, 6.07) is -0.735. The van der Waals surface area contributed by atoms with Gasteiger partial charge in [-0.05, 0) is 64.2 Å². The highest BCUT2D eigenvalue weighted by Crippen LogP contribution is 2.16. The van der Waals surface area contributed by atoms with Crippen molar-refractivity contribution in [2.24, 2.45) is 0 Å². The third-order valence-electron chi connectivity index (χ3n) is 12.1. The van der Waals surface area contributed by atoms with Gasteiger partial charge in [0, 0.05) is 19.3 Å². The number of ether oxygens (including phenoxy) is 3. The fraction of sp³-hybridized carbons (Fsp3) is 0.746. The molecule has 0 aromatic carbocycles. The fourth-order valence-corrected chi connectivity index (χ4v) is 7.90. The molecule has 0 saturated heterocycles. The lowest BCUT2D eigenvalue weighted by Crippen LogP contribution is -2.55. The van der Waals surface area contributed by atoms with Gasteiger partial charge in [0.2, 0.25) is 0 Å². The average molecular weight is 938 g/mol. The van der Waals surface area contributed by atoms with Gasteiger partial charge in [0.25, 0.3) is 0 Å². The standard InChI is InChI=1S/C59H103NO7/c1-6-8-10-12-14-16-18-20-22-24-26-28-30-32-34-36-38-40-42-44-46-48-50-58(62)67-55(53-65-52-51-56(59(63)64)60(3,4)5)54-66-57(61)49-47-45-43-41-39-37-35-33-31-29-27-25-23-21-19-17-15-13-11-9-7-2/h9,11,15,17,21,23,27,29,33,35,39,41,55-56H,6-8,10,12-14,16,18-20,22,24-26,28,30-32,34,36-38,40,42-54H2,1-5H3/b11-9+,17-15+,23-21+,29-27+,35-33+,41-39+. The number of quaternary nitrogens is 1. The number of rotatable bonds is 49. The summed E-state index contributed by atoms with van der Waals surface area (Å²) in [5.41, 5.74) is 0. The average Bonchev–Trinajstić information content (AvgIpc) is 3.29. The van der Waals surface area contributed by atoms with E-state index < -0.39 is 18.1 Å². The van der Waals surface area contributed by atoms with Gasteiger partial charge in [0.05, 0.1) is 40.3 Å². The number of nitrogens with zero attached hydrogens (tertiary/aromatic N) is 1. The zero-order chi connectivity index (χ0) is 49.2. The number of carboxylic acid groups (broad SMARTS) is 1. The molecule has 0 fully saturated rings. The molecule has 0 aliphatic rings. The fourth-order valence-electron chi connectivity index (χ4n) is 7.90. The minimum atomic E-state index is -1.13. The summed E-state index contributed by atoms with van der Waals surface area (Å²) < 4.78 is 17.2. The van der Waals surface area contributed by atoms with Gasteiger partial charge in [-0.3, -0.25) is 9.59 Å². The summed E-state index contributed by atoms with van der Waals surface area (Å²) in [6.07, 6.45) is 63.7. The Labute approximate surface area is 412 Å². The molecule has 67 heavy (non-hydrogen) atoms. The molecule has 0 rings (SSSR count). The third kappa shape index (κ3) is 47.6. The molecule has 0 spiro atoms. The maximum Gasteiger partial charge on any atom is 0.306 e. The van der Waals surface area contributed by atoms with E-state index in [9.17, 15) is 19.5 Å². The van der Waals surface area contributed by atoms with Gasteiger partial charge in [-0.1, -0.05) is 222 Å². The number of carboxylic acids is 1. The molecule has 2 unspecified atom stereocenters. The molecule has 8 nitrogen and oxygen atoms in total. The lowest BCUT2D eigenvalue weighted by Gasteiger charge is -2.34. The van der Waals surface area contributed by atoms with E-state index in [-0.39, 0.29) is 42.7 Å². The van der Waals surface area contributed by atoms with Gasteiger partial charge < -0.3 is 28.6 Å². The number of unbranched alkanes of at least 4 members (excludes halogenated alkanes) is 23. The van der Waals surface area contributed by atoms with Crippen LogP contribution in [-0.2, 0) is 28.6 Å². The highest BCUT2D eigenvalue weighted by Gasteiger charge is 2.25. The number of carbonyl (C=O) groups excluding carboxylic acids is 3. The van der Waals surface area contributed by atoms with E-state index in [2.05, 4.69) is 86.8 Å². The molecular formula is C59H103NO7. The Balaban J connectivity index is 4.27. The Kier molecular flexibility index (Phi) is 46.8. The van der Waals surface area contributed by atoms with Gasteiger partial charge in [0.1, 0.15) is 12.6 Å². The van der Waals surface area contributed by atoms with Gasteiger partial charge in [-0.15, -0.1) is 0 Å². The van der Waals surface area contributed by atoms with Gasteiger partial charge in [0.15, 0.2) is 6.10 Å². The molecule has 2 atom stereocenters. The van der Waals surface area contributed by atoms with Crippen LogP contribution in [0.4, 0.5) is 0 Å². The van der Waals surface area contributed by atoms with Crippen LogP contribution in [0.15, 0.2) is 72.9 Å². The van der Waals surface area contributed by atoms with Crippen LogP contribution in [0, 0.1) is 0 Å². The van der Waals surface area contributed by atoms with Crippen molar-refractivity contribution >= 4 is 17.9 Å². The Morgan fingerprint density at radius 1 is 0.463 bits per heavy atom. The van der Waals surface area contributed by atoms with Crippen LogP contribution in [0.25, 0.3) is 0 Å². The summed E-state index contributed by atoms with van der Waals surface area (Å²) in [5, 5.41) is 11.7. The van der Waals surface area contributed by atoms with Crippen LogP contribution >= 0.6 is 0 Å². The molecule has 0 N–H and O–H groups in total. The number of allylic oxidation sites excluding steroid dienone is 12. The van der Waals surface area contributed by atoms with Crippen LogP contribution < -0.4 is 5.11 Å². The molecule has 0 aromatic rings. The molecular weight excluding hydrogens is 835 g/mol. The quantitative estimate of drug-likeness (QED) is 0.0259. The van der Waals surface area contributed by atoms with E-state index >= 15 is 0 Å². The second-order valence-corrected chi connectivity index (χ2v) is 19.4. The second kappa shape index (κ2) is 49.2. The topological polar surface area (TPSA) is 102 Å². The summed E-state index contributed by atoms with van der Waals surface area (Å²) in [6.45, 7) is 4.53. The minimum absolute atomic E-state index is 0.0258. The van der Waals surface area contributed by atoms with Crippen molar-refractivity contribution in [3.05, 3.63) is 72.9 Å². The number of aliphatic carboxylic acids is 1. The molecule has 0 aromatic heterocycles. The molecule has 0 amide bonds. The monoisotopic (exact) mass is 938 g/mol. The molecule has 0 heterocycles.